The van der Waals surface area contributed by atoms with Gasteiger partial charge in [-0.05, 0) is 23.6 Å². The number of nitrogens with two attached hydrogens (primary N) is 1. The fraction of sp³-hybridized carbons (Fsp3) is 0.250. The number of hydrazine groups is 1. The summed E-state index contributed by atoms with van der Waals surface area (Å²) in [5.41, 5.74) is 1.37. The van der Waals surface area contributed by atoms with Crippen LogP contribution in [-0.2, 0) is 12.7 Å². The number of thiophene rings is 1. The number of nitrogen functional groups attached to an aromatic ring is 1. The number of pyridine rings is 1. The molecule has 0 fully saturated rings. The molecule has 0 amide bonds. The molecule has 0 unspecified atom stereocenters. The Balaban J connectivity index is 2.30. The highest BCUT2D eigenvalue weighted by Crippen LogP contribution is 2.32. The maximum atomic E-state index is 12.8. The molecule has 2 heterocycles. The van der Waals surface area contributed by atoms with Gasteiger partial charge in [-0.15, -0.1) is 11.3 Å². The van der Waals surface area contributed by atoms with Gasteiger partial charge >= 0.3 is 6.18 Å². The van der Waals surface area contributed by atoms with E-state index in [1.165, 1.54) is 11.3 Å². The van der Waals surface area contributed by atoms with Gasteiger partial charge in [0.1, 0.15) is 11.6 Å². The predicted octanol–water partition coefficient (Wildman–Crippen LogP) is 3.08. The first-order chi connectivity index (χ1) is 9.40. The molecule has 20 heavy (non-hydrogen) atoms. The Morgan fingerprint density at radius 1 is 1.40 bits per heavy atom. The lowest BCUT2D eigenvalue weighted by Crippen LogP contribution is -2.20. The van der Waals surface area contributed by atoms with Gasteiger partial charge in [0.15, 0.2) is 0 Å². The average molecular weight is 302 g/mol. The van der Waals surface area contributed by atoms with Crippen LogP contribution in [0.5, 0.6) is 0 Å². The van der Waals surface area contributed by atoms with Gasteiger partial charge in [0.05, 0.1) is 12.1 Å². The fourth-order valence-electron chi connectivity index (χ4n) is 1.67. The first-order valence-corrected chi connectivity index (χ1v) is 6.57. The predicted molar refractivity (Wildman–Crippen MR) is 73.5 cm³/mol. The maximum Gasteiger partial charge on any atom is 0.416 e. The van der Waals surface area contributed by atoms with Crippen LogP contribution in [0, 0.1) is 0 Å². The first-order valence-electron chi connectivity index (χ1n) is 5.69. The molecule has 2 aromatic rings. The van der Waals surface area contributed by atoms with Crippen molar-refractivity contribution in [3.63, 3.8) is 0 Å². The van der Waals surface area contributed by atoms with E-state index in [2.05, 4.69) is 10.4 Å². The molecule has 0 saturated heterocycles. The van der Waals surface area contributed by atoms with Gasteiger partial charge < -0.3 is 10.3 Å². The van der Waals surface area contributed by atoms with Gasteiger partial charge in [-0.25, -0.2) is 10.8 Å². The smallest absolute Gasteiger partial charge is 0.354 e. The quantitative estimate of drug-likeness (QED) is 0.673. The molecule has 0 bridgehead atoms. The number of nitrogens with zero attached hydrogens (tertiary/aromatic N) is 2. The minimum absolute atomic E-state index is 0.0205. The number of alkyl halides is 3. The number of anilines is 2. The van der Waals surface area contributed by atoms with E-state index in [9.17, 15) is 13.2 Å². The number of halogens is 3. The molecule has 2 rings (SSSR count). The summed E-state index contributed by atoms with van der Waals surface area (Å²) in [4.78, 5) is 6.72. The Kier molecular flexibility index (Phi) is 4.15. The molecule has 4 nitrogen and oxygen atoms in total. The second-order valence-corrected chi connectivity index (χ2v) is 5.21. The van der Waals surface area contributed by atoms with Crippen LogP contribution < -0.4 is 16.2 Å². The van der Waals surface area contributed by atoms with Crippen molar-refractivity contribution in [3.05, 3.63) is 40.1 Å². The van der Waals surface area contributed by atoms with Crippen molar-refractivity contribution in [3.8, 4) is 0 Å². The summed E-state index contributed by atoms with van der Waals surface area (Å²) >= 11 is 1.53. The summed E-state index contributed by atoms with van der Waals surface area (Å²) in [6.45, 7) is 0.482. The molecule has 0 aliphatic heterocycles. The Morgan fingerprint density at radius 2 is 2.15 bits per heavy atom. The van der Waals surface area contributed by atoms with E-state index in [0.717, 1.165) is 17.0 Å². The minimum atomic E-state index is -4.44. The minimum Gasteiger partial charge on any atom is -0.354 e. The van der Waals surface area contributed by atoms with Crippen molar-refractivity contribution < 1.29 is 13.2 Å². The Bertz CT molecular complexity index is 569. The van der Waals surface area contributed by atoms with Gasteiger partial charge in [0, 0.05) is 11.9 Å². The lowest BCUT2D eigenvalue weighted by atomic mass is 10.2. The normalized spacial score (nSPS) is 11.4. The van der Waals surface area contributed by atoms with Gasteiger partial charge in [0.25, 0.3) is 0 Å². The molecule has 0 aliphatic rings. The standard InChI is InChI=1S/C12H13F3N4S/c1-19(7-9-3-2-4-20-9)11-6-8(12(13,14)15)5-10(17-11)18-16/h2-6H,7,16H2,1H3,(H,17,18). The van der Waals surface area contributed by atoms with Crippen molar-refractivity contribution in [1.29, 1.82) is 0 Å². The zero-order valence-electron chi connectivity index (χ0n) is 10.6. The molecular formula is C12H13F3N4S. The molecule has 0 saturated carbocycles. The topological polar surface area (TPSA) is 54.2 Å². The number of hydrogen-bond acceptors (Lipinski definition) is 5. The van der Waals surface area contributed by atoms with Crippen LogP contribution in [0.4, 0.5) is 24.8 Å². The summed E-state index contributed by atoms with van der Waals surface area (Å²) < 4.78 is 38.4. The van der Waals surface area contributed by atoms with Crippen molar-refractivity contribution >= 4 is 23.0 Å². The van der Waals surface area contributed by atoms with Gasteiger partial charge in [-0.3, -0.25) is 0 Å². The van der Waals surface area contributed by atoms with E-state index in [1.54, 1.807) is 11.9 Å². The van der Waals surface area contributed by atoms with Crippen LogP contribution in [-0.4, -0.2) is 12.0 Å². The Labute approximate surface area is 118 Å². The SMILES string of the molecule is CN(Cc1cccs1)c1cc(C(F)(F)F)cc(NN)n1. The highest BCUT2D eigenvalue weighted by atomic mass is 32.1. The van der Waals surface area contributed by atoms with Crippen LogP contribution in [0.2, 0.25) is 0 Å². The average Bonchev–Trinajstić information content (AvgIpc) is 2.90. The molecule has 2 aromatic heterocycles. The first kappa shape index (κ1) is 14.6. The summed E-state index contributed by atoms with van der Waals surface area (Å²) in [5, 5.41) is 1.91. The molecule has 0 atom stereocenters. The second kappa shape index (κ2) is 5.68. The second-order valence-electron chi connectivity index (χ2n) is 4.18. The molecule has 0 aliphatic carbocycles. The Morgan fingerprint density at radius 3 is 2.70 bits per heavy atom. The lowest BCUT2D eigenvalue weighted by Gasteiger charge is -2.19. The van der Waals surface area contributed by atoms with Crippen LogP contribution >= 0.6 is 11.3 Å². The summed E-state index contributed by atoms with van der Waals surface area (Å²) in [6, 6.07) is 5.69. The third-order valence-electron chi connectivity index (χ3n) is 2.65. The van der Waals surface area contributed by atoms with Crippen LogP contribution in [0.15, 0.2) is 29.6 Å². The molecule has 0 radical (unpaired) electrons. The lowest BCUT2D eigenvalue weighted by molar-refractivity contribution is -0.137. The van der Waals surface area contributed by atoms with Gasteiger partial charge in [-0.2, -0.15) is 13.2 Å². The zero-order valence-corrected chi connectivity index (χ0v) is 11.4. The number of nitrogens with one attached hydrogen (secondary N) is 1. The van der Waals surface area contributed by atoms with Crippen molar-refractivity contribution in [2.45, 2.75) is 12.7 Å². The monoisotopic (exact) mass is 302 g/mol. The highest BCUT2D eigenvalue weighted by Gasteiger charge is 2.32. The van der Waals surface area contributed by atoms with Gasteiger partial charge in [0.2, 0.25) is 0 Å². The Hall–Kier alpha value is -1.80. The summed E-state index contributed by atoms with van der Waals surface area (Å²) in [6.07, 6.45) is -4.44. The number of rotatable bonds is 4. The van der Waals surface area contributed by atoms with Crippen molar-refractivity contribution in [2.75, 3.05) is 17.4 Å². The molecule has 0 spiro atoms. The largest absolute Gasteiger partial charge is 0.416 e. The molecule has 108 valence electrons. The highest BCUT2D eigenvalue weighted by molar-refractivity contribution is 7.09. The molecule has 8 heteroatoms. The van der Waals surface area contributed by atoms with E-state index in [4.69, 9.17) is 5.84 Å². The van der Waals surface area contributed by atoms with E-state index >= 15 is 0 Å². The third-order valence-corrected chi connectivity index (χ3v) is 3.51. The van der Waals surface area contributed by atoms with Crippen molar-refractivity contribution in [1.82, 2.24) is 4.98 Å². The van der Waals surface area contributed by atoms with E-state index < -0.39 is 11.7 Å². The number of hydrogen-bond donors (Lipinski definition) is 2. The van der Waals surface area contributed by atoms with Crippen LogP contribution in [0.1, 0.15) is 10.4 Å². The van der Waals surface area contributed by atoms with E-state index in [-0.39, 0.29) is 11.6 Å². The number of aromatic nitrogens is 1. The van der Waals surface area contributed by atoms with Crippen molar-refractivity contribution in [2.24, 2.45) is 5.84 Å². The van der Waals surface area contributed by atoms with Crippen LogP contribution in [0.3, 0.4) is 0 Å². The van der Waals surface area contributed by atoms with Gasteiger partial charge in [-0.1, -0.05) is 6.07 Å². The fourth-order valence-corrected chi connectivity index (χ4v) is 2.42. The zero-order chi connectivity index (χ0) is 14.8. The van der Waals surface area contributed by atoms with Crippen LogP contribution in [0.25, 0.3) is 0 Å². The summed E-state index contributed by atoms with van der Waals surface area (Å²) in [5.74, 6) is 5.36. The molecular weight excluding hydrogens is 289 g/mol. The third kappa shape index (κ3) is 3.40. The molecule has 0 aromatic carbocycles. The van der Waals surface area contributed by atoms with E-state index in [1.807, 2.05) is 17.5 Å². The molecule has 3 N–H and O–H groups in total. The maximum absolute atomic E-state index is 12.8. The summed E-state index contributed by atoms with van der Waals surface area (Å²) in [7, 11) is 1.68. The van der Waals surface area contributed by atoms with E-state index in [0.29, 0.717) is 6.54 Å².